The van der Waals surface area contributed by atoms with E-state index in [1.165, 1.54) is 0 Å². The average molecular weight is 261 g/mol. The van der Waals surface area contributed by atoms with E-state index in [9.17, 15) is 9.59 Å². The lowest BCUT2D eigenvalue weighted by atomic mass is 9.98. The summed E-state index contributed by atoms with van der Waals surface area (Å²) in [5.41, 5.74) is 5.78. The summed E-state index contributed by atoms with van der Waals surface area (Å²) < 4.78 is 0. The normalized spacial score (nSPS) is 14.5. The zero-order chi connectivity index (χ0) is 14.0. The molecule has 0 spiro atoms. The molecule has 5 heteroatoms. The number of nitrogens with one attached hydrogen (secondary N) is 1. The Morgan fingerprint density at radius 1 is 1.37 bits per heavy atom. The molecule has 19 heavy (non-hydrogen) atoms. The van der Waals surface area contributed by atoms with Gasteiger partial charge in [0.25, 0.3) is 0 Å². The summed E-state index contributed by atoms with van der Waals surface area (Å²) in [6, 6.07) is 5.85. The Bertz CT molecular complexity index is 511. The summed E-state index contributed by atoms with van der Waals surface area (Å²) >= 11 is 0. The minimum atomic E-state index is -0.0369. The van der Waals surface area contributed by atoms with E-state index >= 15 is 0 Å². The van der Waals surface area contributed by atoms with E-state index in [0.29, 0.717) is 12.8 Å². The second-order valence-corrected chi connectivity index (χ2v) is 5.02. The van der Waals surface area contributed by atoms with E-state index in [2.05, 4.69) is 5.43 Å². The first-order valence-electron chi connectivity index (χ1n) is 6.32. The number of hydrogen-bond acceptors (Lipinski definition) is 3. The number of rotatable bonds is 3. The van der Waals surface area contributed by atoms with Crippen LogP contribution in [0.4, 0.5) is 5.69 Å². The molecule has 1 aromatic rings. The van der Waals surface area contributed by atoms with Gasteiger partial charge < -0.3 is 4.90 Å². The third kappa shape index (κ3) is 3.12. The Morgan fingerprint density at radius 3 is 2.79 bits per heavy atom. The van der Waals surface area contributed by atoms with Crippen molar-refractivity contribution in [3.63, 3.8) is 0 Å². The Hall–Kier alpha value is -1.88. The van der Waals surface area contributed by atoms with E-state index in [0.717, 1.165) is 23.2 Å². The third-order valence-electron chi connectivity index (χ3n) is 3.20. The molecule has 0 bridgehead atoms. The van der Waals surface area contributed by atoms with Crippen LogP contribution in [-0.2, 0) is 22.4 Å². The number of aryl methyl sites for hydroxylation is 1. The SMILES string of the molecule is CN(C)NC(=O)Cc1ccc2c(c1)CCC(=O)N2C. The summed E-state index contributed by atoms with van der Waals surface area (Å²) in [6.07, 6.45) is 1.64. The van der Waals surface area contributed by atoms with Gasteiger partial charge in [0.2, 0.25) is 11.8 Å². The maximum Gasteiger partial charge on any atom is 0.238 e. The van der Waals surface area contributed by atoms with Crippen molar-refractivity contribution in [2.24, 2.45) is 0 Å². The quantitative estimate of drug-likeness (QED) is 0.816. The van der Waals surface area contributed by atoms with Crippen molar-refractivity contribution in [1.82, 2.24) is 10.4 Å². The Labute approximate surface area is 113 Å². The molecule has 102 valence electrons. The highest BCUT2D eigenvalue weighted by molar-refractivity contribution is 5.96. The van der Waals surface area contributed by atoms with Gasteiger partial charge in [-0.25, -0.2) is 5.01 Å². The minimum absolute atomic E-state index is 0.0369. The average Bonchev–Trinajstić information content (AvgIpc) is 2.33. The van der Waals surface area contributed by atoms with Crippen LogP contribution in [0.3, 0.4) is 0 Å². The van der Waals surface area contributed by atoms with Crippen molar-refractivity contribution in [2.45, 2.75) is 19.3 Å². The number of amides is 2. The topological polar surface area (TPSA) is 52.7 Å². The first-order chi connectivity index (χ1) is 8.97. The van der Waals surface area contributed by atoms with Crippen LogP contribution < -0.4 is 10.3 Å². The molecule has 0 unspecified atom stereocenters. The molecule has 0 fully saturated rings. The number of carbonyl (C=O) groups excluding carboxylic acids is 2. The van der Waals surface area contributed by atoms with Gasteiger partial charge in [0.1, 0.15) is 0 Å². The van der Waals surface area contributed by atoms with Gasteiger partial charge >= 0.3 is 0 Å². The predicted molar refractivity (Wildman–Crippen MR) is 73.7 cm³/mol. The highest BCUT2D eigenvalue weighted by Gasteiger charge is 2.20. The smallest absolute Gasteiger partial charge is 0.238 e. The molecule has 1 heterocycles. The largest absolute Gasteiger partial charge is 0.315 e. The molecule has 1 aromatic carbocycles. The zero-order valence-electron chi connectivity index (χ0n) is 11.6. The van der Waals surface area contributed by atoms with E-state index in [-0.39, 0.29) is 11.8 Å². The fourth-order valence-corrected chi connectivity index (χ4v) is 2.29. The van der Waals surface area contributed by atoms with E-state index < -0.39 is 0 Å². The summed E-state index contributed by atoms with van der Waals surface area (Å²) in [7, 11) is 5.36. The second kappa shape index (κ2) is 5.40. The Morgan fingerprint density at radius 2 is 2.11 bits per heavy atom. The van der Waals surface area contributed by atoms with Gasteiger partial charge in [0.15, 0.2) is 0 Å². The van der Waals surface area contributed by atoms with Gasteiger partial charge in [-0.2, -0.15) is 0 Å². The van der Waals surface area contributed by atoms with Crippen molar-refractivity contribution in [3.8, 4) is 0 Å². The first-order valence-corrected chi connectivity index (χ1v) is 6.32. The van der Waals surface area contributed by atoms with Crippen LogP contribution in [0.2, 0.25) is 0 Å². The summed E-state index contributed by atoms with van der Waals surface area (Å²) in [5, 5.41) is 1.63. The predicted octanol–water partition coefficient (Wildman–Crippen LogP) is 0.731. The minimum Gasteiger partial charge on any atom is -0.315 e. The fourth-order valence-electron chi connectivity index (χ4n) is 2.29. The number of hydrogen-bond donors (Lipinski definition) is 1. The first kappa shape index (κ1) is 13.5. The number of anilines is 1. The maximum absolute atomic E-state index is 11.7. The lowest BCUT2D eigenvalue weighted by Crippen LogP contribution is -2.37. The molecule has 0 atom stereocenters. The number of nitrogens with zero attached hydrogens (tertiary/aromatic N) is 2. The molecular weight excluding hydrogens is 242 g/mol. The van der Waals surface area contributed by atoms with Crippen LogP contribution in [0, 0.1) is 0 Å². The van der Waals surface area contributed by atoms with Crippen LogP contribution in [0.25, 0.3) is 0 Å². The van der Waals surface area contributed by atoms with Gasteiger partial charge in [0.05, 0.1) is 6.42 Å². The summed E-state index contributed by atoms with van der Waals surface area (Å²) in [4.78, 5) is 25.0. The number of benzene rings is 1. The van der Waals surface area contributed by atoms with Crippen molar-refractivity contribution < 1.29 is 9.59 Å². The third-order valence-corrected chi connectivity index (χ3v) is 3.20. The molecule has 1 aliphatic rings. The summed E-state index contributed by atoms with van der Waals surface area (Å²) in [5.74, 6) is 0.107. The number of carbonyl (C=O) groups is 2. The van der Waals surface area contributed by atoms with E-state index in [1.807, 2.05) is 18.2 Å². The lowest BCUT2D eigenvalue weighted by Gasteiger charge is -2.26. The molecular formula is C14H19N3O2. The van der Waals surface area contributed by atoms with Gasteiger partial charge in [-0.1, -0.05) is 12.1 Å². The molecule has 0 saturated heterocycles. The molecule has 2 rings (SSSR count). The van der Waals surface area contributed by atoms with Crippen molar-refractivity contribution in [1.29, 1.82) is 0 Å². The molecule has 5 nitrogen and oxygen atoms in total. The van der Waals surface area contributed by atoms with Crippen LogP contribution in [0.5, 0.6) is 0 Å². The zero-order valence-corrected chi connectivity index (χ0v) is 11.6. The molecule has 0 aromatic heterocycles. The summed E-state index contributed by atoms with van der Waals surface area (Å²) in [6.45, 7) is 0. The van der Waals surface area contributed by atoms with Crippen LogP contribution in [0.15, 0.2) is 18.2 Å². The van der Waals surface area contributed by atoms with E-state index in [4.69, 9.17) is 0 Å². The van der Waals surface area contributed by atoms with E-state index in [1.54, 1.807) is 31.1 Å². The maximum atomic E-state index is 11.7. The molecule has 0 aliphatic carbocycles. The Kier molecular flexibility index (Phi) is 3.85. The van der Waals surface area contributed by atoms with Crippen LogP contribution in [0.1, 0.15) is 17.5 Å². The monoisotopic (exact) mass is 261 g/mol. The van der Waals surface area contributed by atoms with Gasteiger partial charge in [-0.05, 0) is 23.6 Å². The lowest BCUT2D eigenvalue weighted by molar-refractivity contribution is -0.124. The standard InChI is InChI=1S/C14H19N3O2/c1-16(2)15-13(18)9-10-4-6-12-11(8-10)5-7-14(19)17(12)3/h4,6,8H,5,7,9H2,1-3H3,(H,15,18). The molecule has 2 amide bonds. The van der Waals surface area contributed by atoms with Crippen molar-refractivity contribution in [2.75, 3.05) is 26.0 Å². The molecule has 1 aliphatic heterocycles. The van der Waals surface area contributed by atoms with Crippen LogP contribution >= 0.6 is 0 Å². The highest BCUT2D eigenvalue weighted by Crippen LogP contribution is 2.27. The second-order valence-electron chi connectivity index (χ2n) is 5.02. The molecule has 0 radical (unpaired) electrons. The van der Waals surface area contributed by atoms with Crippen molar-refractivity contribution in [3.05, 3.63) is 29.3 Å². The fraction of sp³-hybridized carbons (Fsp3) is 0.429. The molecule has 0 saturated carbocycles. The number of fused-ring (bicyclic) bond motifs is 1. The number of hydrazine groups is 1. The highest BCUT2D eigenvalue weighted by atomic mass is 16.2. The Balaban J connectivity index is 2.13. The van der Waals surface area contributed by atoms with Gasteiger partial charge in [0, 0.05) is 33.3 Å². The van der Waals surface area contributed by atoms with Gasteiger partial charge in [-0.3, -0.25) is 15.0 Å². The molecule has 1 N–H and O–H groups in total. The van der Waals surface area contributed by atoms with Crippen molar-refractivity contribution >= 4 is 17.5 Å². The van der Waals surface area contributed by atoms with Gasteiger partial charge in [-0.15, -0.1) is 0 Å². The van der Waals surface area contributed by atoms with Crippen LogP contribution in [-0.4, -0.2) is 38.0 Å².